The van der Waals surface area contributed by atoms with Gasteiger partial charge in [-0.1, -0.05) is 30.3 Å². The molecule has 0 aromatic heterocycles. The van der Waals surface area contributed by atoms with Gasteiger partial charge in [-0.15, -0.1) is 6.58 Å². The number of amides is 3. The van der Waals surface area contributed by atoms with Crippen LogP contribution in [-0.2, 0) is 14.4 Å². The van der Waals surface area contributed by atoms with Crippen molar-refractivity contribution in [2.45, 2.75) is 79.4 Å². The Morgan fingerprint density at radius 2 is 1.48 bits per heavy atom. The molecule has 0 aliphatic heterocycles. The minimum absolute atomic E-state index is 0.127. The molecular weight excluding hydrogens is 390 g/mol. The van der Waals surface area contributed by atoms with Gasteiger partial charge in [0.25, 0.3) is 0 Å². The largest absolute Gasteiger partial charge is 0.351 e. The molecule has 0 spiro atoms. The van der Waals surface area contributed by atoms with Crippen molar-refractivity contribution in [3.63, 3.8) is 0 Å². The Bertz CT molecular complexity index is 829. The molecule has 0 heterocycles. The van der Waals surface area contributed by atoms with Gasteiger partial charge in [0.15, 0.2) is 0 Å². The minimum atomic E-state index is -1.38. The Balaban J connectivity index is 3.53. The van der Waals surface area contributed by atoms with Crippen LogP contribution in [0.5, 0.6) is 0 Å². The molecule has 1 aromatic carbocycles. The van der Waals surface area contributed by atoms with Gasteiger partial charge in [0.05, 0.1) is 0 Å². The van der Waals surface area contributed by atoms with E-state index in [1.165, 1.54) is 4.90 Å². The molecular formula is C25H39N3O3. The summed E-state index contributed by atoms with van der Waals surface area (Å²) < 4.78 is 0. The molecule has 1 aromatic rings. The van der Waals surface area contributed by atoms with Crippen LogP contribution in [0.25, 0.3) is 0 Å². The summed E-state index contributed by atoms with van der Waals surface area (Å²) in [5.74, 6) is -1.13. The summed E-state index contributed by atoms with van der Waals surface area (Å²) in [7, 11) is 0. The summed E-state index contributed by atoms with van der Waals surface area (Å²) in [5, 5.41) is 5.87. The van der Waals surface area contributed by atoms with Gasteiger partial charge in [-0.25, -0.2) is 0 Å². The zero-order valence-electron chi connectivity index (χ0n) is 20.6. The molecule has 0 aliphatic carbocycles. The third kappa shape index (κ3) is 7.23. The van der Waals surface area contributed by atoms with Crippen molar-refractivity contribution in [2.75, 3.05) is 6.54 Å². The number of rotatable bonds is 7. The third-order valence-electron chi connectivity index (χ3n) is 4.72. The van der Waals surface area contributed by atoms with Gasteiger partial charge in [0, 0.05) is 17.6 Å². The standard InChI is InChI=1S/C25H39N3O3/c1-11-16-28(22(31)25(9,10)21(30)27-24(6,7)8)19(20(29)26-23(3,4)5)18-15-13-12-14-17(18)2/h11-15,19H,1,16H2,2-10H3,(H,26,29)(H,27,30). The summed E-state index contributed by atoms with van der Waals surface area (Å²) in [5.41, 5.74) is -0.752. The molecule has 0 radical (unpaired) electrons. The fourth-order valence-electron chi connectivity index (χ4n) is 3.18. The van der Waals surface area contributed by atoms with E-state index < -0.39 is 28.4 Å². The summed E-state index contributed by atoms with van der Waals surface area (Å²) in [6.45, 7) is 20.2. The highest BCUT2D eigenvalue weighted by molar-refractivity contribution is 6.05. The van der Waals surface area contributed by atoms with Crippen molar-refractivity contribution in [1.82, 2.24) is 15.5 Å². The summed E-state index contributed by atoms with van der Waals surface area (Å²) in [4.78, 5) is 41.5. The minimum Gasteiger partial charge on any atom is -0.351 e. The van der Waals surface area contributed by atoms with Crippen molar-refractivity contribution in [1.29, 1.82) is 0 Å². The van der Waals surface area contributed by atoms with Gasteiger partial charge in [-0.05, 0) is 73.4 Å². The summed E-state index contributed by atoms with van der Waals surface area (Å²) >= 11 is 0. The number of carbonyl (C=O) groups is 3. The van der Waals surface area contributed by atoms with Crippen LogP contribution in [0.15, 0.2) is 36.9 Å². The van der Waals surface area contributed by atoms with Gasteiger partial charge in [-0.3, -0.25) is 14.4 Å². The predicted molar refractivity (Wildman–Crippen MR) is 125 cm³/mol. The smallest absolute Gasteiger partial charge is 0.247 e. The maximum Gasteiger partial charge on any atom is 0.247 e. The van der Waals surface area contributed by atoms with Crippen LogP contribution in [0, 0.1) is 12.3 Å². The van der Waals surface area contributed by atoms with E-state index in [0.29, 0.717) is 5.56 Å². The molecule has 6 nitrogen and oxygen atoms in total. The quantitative estimate of drug-likeness (QED) is 0.510. The van der Waals surface area contributed by atoms with E-state index in [1.54, 1.807) is 19.9 Å². The van der Waals surface area contributed by atoms with E-state index in [0.717, 1.165) is 5.56 Å². The van der Waals surface area contributed by atoms with Crippen LogP contribution >= 0.6 is 0 Å². The average Bonchev–Trinajstić information content (AvgIpc) is 2.59. The van der Waals surface area contributed by atoms with E-state index in [9.17, 15) is 14.4 Å². The van der Waals surface area contributed by atoms with Crippen LogP contribution in [0.1, 0.15) is 72.6 Å². The summed E-state index contributed by atoms with van der Waals surface area (Å²) in [6, 6.07) is 6.58. The highest BCUT2D eigenvalue weighted by Gasteiger charge is 2.44. The molecule has 31 heavy (non-hydrogen) atoms. The number of benzene rings is 1. The number of nitrogens with one attached hydrogen (secondary N) is 2. The maximum atomic E-state index is 13.7. The van der Waals surface area contributed by atoms with Crippen LogP contribution in [0.2, 0.25) is 0 Å². The molecule has 0 saturated heterocycles. The topological polar surface area (TPSA) is 78.5 Å². The van der Waals surface area contributed by atoms with Crippen LogP contribution < -0.4 is 10.6 Å². The second kappa shape index (κ2) is 9.67. The Morgan fingerprint density at radius 3 is 1.94 bits per heavy atom. The number of aryl methyl sites for hydroxylation is 1. The molecule has 6 heteroatoms. The lowest BCUT2D eigenvalue weighted by Gasteiger charge is -2.38. The lowest BCUT2D eigenvalue weighted by molar-refractivity contribution is -0.153. The second-order valence-corrected chi connectivity index (χ2v) is 10.6. The lowest BCUT2D eigenvalue weighted by Crippen LogP contribution is -2.56. The first kappa shape index (κ1) is 26.4. The maximum absolute atomic E-state index is 13.7. The molecule has 1 atom stereocenters. The van der Waals surface area contributed by atoms with Gasteiger partial charge < -0.3 is 15.5 Å². The molecule has 0 fully saturated rings. The van der Waals surface area contributed by atoms with Gasteiger partial charge in [0.2, 0.25) is 17.7 Å². The Hall–Kier alpha value is -2.63. The monoisotopic (exact) mass is 429 g/mol. The first-order valence-electron chi connectivity index (χ1n) is 10.6. The van der Waals surface area contributed by atoms with Gasteiger partial charge in [0.1, 0.15) is 11.5 Å². The molecule has 172 valence electrons. The Labute approximate surface area is 187 Å². The highest BCUT2D eigenvalue weighted by atomic mass is 16.2. The molecule has 0 bridgehead atoms. The molecule has 1 rings (SSSR count). The first-order chi connectivity index (χ1) is 14.0. The number of carbonyl (C=O) groups excluding carboxylic acids is 3. The van der Waals surface area contributed by atoms with Gasteiger partial charge in [-0.2, -0.15) is 0 Å². The fraction of sp³-hybridized carbons (Fsp3) is 0.560. The second-order valence-electron chi connectivity index (χ2n) is 10.6. The SMILES string of the molecule is C=CCN(C(=O)C(C)(C)C(=O)NC(C)(C)C)C(C(=O)NC(C)(C)C)c1ccccc1C. The lowest BCUT2D eigenvalue weighted by atomic mass is 9.87. The van der Waals surface area contributed by atoms with E-state index in [4.69, 9.17) is 0 Å². The van der Waals surface area contributed by atoms with Crippen molar-refractivity contribution in [3.05, 3.63) is 48.0 Å². The van der Waals surface area contributed by atoms with E-state index in [2.05, 4.69) is 17.2 Å². The Morgan fingerprint density at radius 1 is 0.968 bits per heavy atom. The molecule has 0 saturated carbocycles. The zero-order chi connectivity index (χ0) is 24.2. The molecule has 2 N–H and O–H groups in total. The van der Waals surface area contributed by atoms with Crippen LogP contribution in [-0.4, -0.2) is 40.2 Å². The molecule has 1 unspecified atom stereocenters. The summed E-state index contributed by atoms with van der Waals surface area (Å²) in [6.07, 6.45) is 1.57. The number of nitrogens with zero attached hydrogens (tertiary/aromatic N) is 1. The molecule has 3 amide bonds. The van der Waals surface area contributed by atoms with Crippen LogP contribution in [0.4, 0.5) is 0 Å². The van der Waals surface area contributed by atoms with Crippen molar-refractivity contribution in [3.8, 4) is 0 Å². The normalized spacial score (nSPS) is 13.2. The highest BCUT2D eigenvalue weighted by Crippen LogP contribution is 2.30. The van der Waals surface area contributed by atoms with Crippen molar-refractivity contribution >= 4 is 17.7 Å². The van der Waals surface area contributed by atoms with Crippen LogP contribution in [0.3, 0.4) is 0 Å². The number of hydrogen-bond acceptors (Lipinski definition) is 3. The zero-order valence-corrected chi connectivity index (χ0v) is 20.6. The fourth-order valence-corrected chi connectivity index (χ4v) is 3.18. The average molecular weight is 430 g/mol. The van der Waals surface area contributed by atoms with E-state index >= 15 is 0 Å². The third-order valence-corrected chi connectivity index (χ3v) is 4.72. The van der Waals surface area contributed by atoms with E-state index in [-0.39, 0.29) is 18.4 Å². The predicted octanol–water partition coefficient (Wildman–Crippen LogP) is 3.91. The Kier molecular flexibility index (Phi) is 8.23. The van der Waals surface area contributed by atoms with E-state index in [1.807, 2.05) is 72.7 Å². The molecule has 0 aliphatic rings. The van der Waals surface area contributed by atoms with Gasteiger partial charge >= 0.3 is 0 Å². The number of hydrogen-bond donors (Lipinski definition) is 2. The first-order valence-corrected chi connectivity index (χ1v) is 10.6. The van der Waals surface area contributed by atoms with Crippen molar-refractivity contribution in [2.24, 2.45) is 5.41 Å². The van der Waals surface area contributed by atoms with Crippen molar-refractivity contribution < 1.29 is 14.4 Å².